The number of hydrogen-bond acceptors (Lipinski definition) is 6. The fourth-order valence-electron chi connectivity index (χ4n) is 5.26. The third-order valence-electron chi connectivity index (χ3n) is 7.29. The standard InChI is InChI=1S/C28H34ClF4N3O4.2ClH/c1-38-18-24-17-35(9-10-40-24)6-5-34-7-8-36(23(16-34)11-19-3-4-25(30)26(12-19)39-2)27(37)20-13-21(28(31,32)33)15-22(29)14-20;;/h3-4,12-15,23-24H,5-11,16-18H2,1-2H3;2*1H/t23-,24+;;/m1../s1. The third kappa shape index (κ3) is 9.57. The number of ether oxygens (including phenoxy) is 3. The number of methoxy groups -OCH3 is 2. The largest absolute Gasteiger partial charge is 0.494 e. The van der Waals surface area contributed by atoms with Crippen molar-refractivity contribution in [1.82, 2.24) is 14.7 Å². The van der Waals surface area contributed by atoms with E-state index in [9.17, 15) is 22.4 Å². The van der Waals surface area contributed by atoms with Gasteiger partial charge in [0.2, 0.25) is 0 Å². The number of carbonyl (C=O) groups is 1. The van der Waals surface area contributed by atoms with Crippen molar-refractivity contribution >= 4 is 42.3 Å². The van der Waals surface area contributed by atoms with Crippen molar-refractivity contribution in [3.8, 4) is 5.75 Å². The number of rotatable bonds is 9. The average Bonchev–Trinajstić information content (AvgIpc) is 2.92. The lowest BCUT2D eigenvalue weighted by Gasteiger charge is -2.42. The maximum absolute atomic E-state index is 14.0. The van der Waals surface area contributed by atoms with Crippen molar-refractivity contribution in [3.05, 3.63) is 63.9 Å². The van der Waals surface area contributed by atoms with Gasteiger partial charge in [-0.05, 0) is 42.3 Å². The van der Waals surface area contributed by atoms with Crippen molar-refractivity contribution < 1.29 is 36.6 Å². The molecule has 2 saturated heterocycles. The van der Waals surface area contributed by atoms with Gasteiger partial charge in [0.15, 0.2) is 11.6 Å². The average molecular weight is 661 g/mol. The van der Waals surface area contributed by atoms with E-state index < -0.39 is 23.5 Å². The number of piperazine rings is 1. The molecule has 0 unspecified atom stereocenters. The highest BCUT2D eigenvalue weighted by Crippen LogP contribution is 2.33. The molecule has 0 aliphatic carbocycles. The van der Waals surface area contributed by atoms with Gasteiger partial charge in [0, 0.05) is 69.6 Å². The van der Waals surface area contributed by atoms with Crippen LogP contribution < -0.4 is 4.74 Å². The van der Waals surface area contributed by atoms with Crippen LogP contribution in [-0.2, 0) is 22.1 Å². The number of morpholine rings is 1. The number of hydrogen-bond donors (Lipinski definition) is 0. The lowest BCUT2D eigenvalue weighted by Crippen LogP contribution is -2.57. The Morgan fingerprint density at radius 2 is 1.74 bits per heavy atom. The molecule has 0 saturated carbocycles. The highest BCUT2D eigenvalue weighted by Gasteiger charge is 2.35. The summed E-state index contributed by atoms with van der Waals surface area (Å²) >= 11 is 5.97. The molecule has 0 spiro atoms. The van der Waals surface area contributed by atoms with Crippen LogP contribution in [0.25, 0.3) is 0 Å². The number of halogens is 7. The summed E-state index contributed by atoms with van der Waals surface area (Å²) in [7, 11) is 3.02. The zero-order valence-electron chi connectivity index (χ0n) is 23.4. The molecule has 2 fully saturated rings. The molecule has 14 heteroatoms. The molecule has 0 radical (unpaired) electrons. The van der Waals surface area contributed by atoms with Crippen molar-refractivity contribution in [1.29, 1.82) is 0 Å². The summed E-state index contributed by atoms with van der Waals surface area (Å²) in [6.45, 7) is 5.68. The summed E-state index contributed by atoms with van der Waals surface area (Å²) < 4.78 is 70.4. The van der Waals surface area contributed by atoms with Crippen molar-refractivity contribution in [3.63, 3.8) is 0 Å². The minimum atomic E-state index is -4.63. The summed E-state index contributed by atoms with van der Waals surface area (Å²) in [6, 6.07) is 7.07. The van der Waals surface area contributed by atoms with Gasteiger partial charge >= 0.3 is 6.18 Å². The molecule has 2 atom stereocenters. The monoisotopic (exact) mass is 659 g/mol. The fraction of sp³-hybridized carbons (Fsp3) is 0.536. The Balaban J connectivity index is 0.00000308. The Morgan fingerprint density at radius 3 is 2.40 bits per heavy atom. The van der Waals surface area contributed by atoms with E-state index in [0.29, 0.717) is 39.3 Å². The van der Waals surface area contributed by atoms with Crippen LogP contribution in [-0.4, -0.2) is 106 Å². The van der Waals surface area contributed by atoms with E-state index in [0.717, 1.165) is 43.9 Å². The molecule has 7 nitrogen and oxygen atoms in total. The van der Waals surface area contributed by atoms with Crippen LogP contribution in [0, 0.1) is 5.82 Å². The Kier molecular flexibility index (Phi) is 14.1. The maximum atomic E-state index is 14.0. The van der Waals surface area contributed by atoms with Crippen molar-refractivity contribution in [2.45, 2.75) is 24.7 Å². The SMILES string of the molecule is COC[C@@H]1CN(CCN2CCN(C(=O)c3cc(Cl)cc(C(F)(F)F)c3)[C@H](Cc3ccc(F)c(OC)c3)C2)CCO1.Cl.Cl. The predicted molar refractivity (Wildman–Crippen MR) is 157 cm³/mol. The van der Waals surface area contributed by atoms with Crippen molar-refractivity contribution in [2.75, 3.05) is 73.2 Å². The third-order valence-corrected chi connectivity index (χ3v) is 7.51. The van der Waals surface area contributed by atoms with Crippen molar-refractivity contribution in [2.24, 2.45) is 0 Å². The first kappa shape index (κ1) is 36.3. The topological polar surface area (TPSA) is 54.5 Å². The van der Waals surface area contributed by atoms with Gasteiger partial charge in [-0.15, -0.1) is 24.8 Å². The summed E-state index contributed by atoms with van der Waals surface area (Å²) in [4.78, 5) is 19.7. The summed E-state index contributed by atoms with van der Waals surface area (Å²) in [5.41, 5.74) is -0.341. The van der Waals surface area contributed by atoms with Gasteiger partial charge in [-0.25, -0.2) is 4.39 Å². The van der Waals surface area contributed by atoms with Crippen LogP contribution in [0.15, 0.2) is 36.4 Å². The summed E-state index contributed by atoms with van der Waals surface area (Å²) in [5, 5.41) is -0.158. The van der Waals surface area contributed by atoms with Gasteiger partial charge in [-0.3, -0.25) is 14.6 Å². The molecule has 1 amide bonds. The van der Waals surface area contributed by atoms with E-state index in [2.05, 4.69) is 9.80 Å². The fourth-order valence-corrected chi connectivity index (χ4v) is 5.50. The van der Waals surface area contributed by atoms with E-state index in [1.807, 2.05) is 0 Å². The van der Waals surface area contributed by atoms with Gasteiger partial charge < -0.3 is 19.1 Å². The Morgan fingerprint density at radius 1 is 1.02 bits per heavy atom. The predicted octanol–water partition coefficient (Wildman–Crippen LogP) is 5.07. The Labute approximate surface area is 260 Å². The Bertz CT molecular complexity index is 1180. The molecule has 0 bridgehead atoms. The second-order valence-corrected chi connectivity index (χ2v) is 10.5. The van der Waals surface area contributed by atoms with Crippen LogP contribution in [0.4, 0.5) is 17.6 Å². The normalized spacial score (nSPS) is 20.0. The molecule has 2 aliphatic heterocycles. The van der Waals surface area contributed by atoms with E-state index in [1.165, 1.54) is 19.2 Å². The van der Waals surface area contributed by atoms with Gasteiger partial charge in [-0.2, -0.15) is 13.2 Å². The van der Waals surface area contributed by atoms with Gasteiger partial charge in [-0.1, -0.05) is 17.7 Å². The zero-order chi connectivity index (χ0) is 28.9. The van der Waals surface area contributed by atoms with Crippen LogP contribution in [0.2, 0.25) is 5.02 Å². The minimum Gasteiger partial charge on any atom is -0.494 e. The summed E-state index contributed by atoms with van der Waals surface area (Å²) in [5.74, 6) is -0.937. The van der Waals surface area contributed by atoms with Crippen LogP contribution in [0.3, 0.4) is 0 Å². The van der Waals surface area contributed by atoms with Crippen LogP contribution in [0.1, 0.15) is 21.5 Å². The van der Waals surface area contributed by atoms with Gasteiger partial charge in [0.1, 0.15) is 0 Å². The number of amides is 1. The van der Waals surface area contributed by atoms with Crippen LogP contribution in [0.5, 0.6) is 5.75 Å². The molecular weight excluding hydrogens is 625 g/mol. The van der Waals surface area contributed by atoms with E-state index in [1.54, 1.807) is 24.1 Å². The number of nitrogens with zero attached hydrogens (tertiary/aromatic N) is 3. The molecule has 2 heterocycles. The highest BCUT2D eigenvalue weighted by atomic mass is 35.5. The lowest BCUT2D eigenvalue weighted by molar-refractivity contribution is -0.137. The number of benzene rings is 2. The minimum absolute atomic E-state index is 0. The smallest absolute Gasteiger partial charge is 0.416 e. The second kappa shape index (κ2) is 16.3. The molecule has 236 valence electrons. The van der Waals surface area contributed by atoms with Crippen LogP contribution >= 0.6 is 36.4 Å². The first-order valence-electron chi connectivity index (χ1n) is 13.1. The second-order valence-electron chi connectivity index (χ2n) is 10.1. The molecule has 4 rings (SSSR count). The molecule has 0 aromatic heterocycles. The summed E-state index contributed by atoms with van der Waals surface area (Å²) in [6.07, 6.45) is -4.24. The van der Waals surface area contributed by atoms with E-state index in [-0.39, 0.29) is 53.3 Å². The molecule has 2 aliphatic rings. The maximum Gasteiger partial charge on any atom is 0.416 e. The van der Waals surface area contributed by atoms with Gasteiger partial charge in [0.25, 0.3) is 5.91 Å². The van der Waals surface area contributed by atoms with E-state index in [4.69, 9.17) is 25.8 Å². The molecule has 0 N–H and O–H groups in total. The van der Waals surface area contributed by atoms with E-state index >= 15 is 0 Å². The number of carbonyl (C=O) groups excluding carboxylic acids is 1. The molecule has 2 aromatic rings. The first-order valence-corrected chi connectivity index (χ1v) is 13.5. The lowest BCUT2D eigenvalue weighted by atomic mass is 10.00. The highest BCUT2D eigenvalue weighted by molar-refractivity contribution is 6.31. The molecular formula is C28H36Cl3F4N3O4. The molecule has 42 heavy (non-hydrogen) atoms. The first-order chi connectivity index (χ1) is 19.1. The number of alkyl halides is 3. The zero-order valence-corrected chi connectivity index (χ0v) is 25.8. The Hall–Kier alpha value is -1.86. The quantitative estimate of drug-likeness (QED) is 0.351. The molecule has 2 aromatic carbocycles. The van der Waals surface area contributed by atoms with Gasteiger partial charge in [0.05, 0.1) is 32.0 Å².